The Kier molecular flexibility index (Phi) is 12.5. The number of H-pyrrole nitrogens is 1. The first-order valence-corrected chi connectivity index (χ1v) is 18.5. The molecule has 0 unspecified atom stereocenters. The average molecular weight is 715 g/mol. The van der Waals surface area contributed by atoms with E-state index in [1.165, 1.54) is 0 Å². The van der Waals surface area contributed by atoms with Gasteiger partial charge in [-0.2, -0.15) is 0 Å². The van der Waals surface area contributed by atoms with Crippen molar-refractivity contribution in [3.8, 4) is 0 Å². The van der Waals surface area contributed by atoms with E-state index in [4.69, 9.17) is 23.9 Å². The lowest BCUT2D eigenvalue weighted by atomic mass is 9.80. The summed E-state index contributed by atoms with van der Waals surface area (Å²) in [6.07, 6.45) is -0.0744. The predicted molar refractivity (Wildman–Crippen MR) is 212 cm³/mol. The fourth-order valence-corrected chi connectivity index (χ4v) is 6.81. The van der Waals surface area contributed by atoms with E-state index in [0.717, 1.165) is 39.1 Å². The Morgan fingerprint density at radius 1 is 0.500 bits per heavy atom. The molecule has 7 aromatic rings. The molecular formula is C48H46N2O4. The lowest BCUT2D eigenvalue weighted by Gasteiger charge is -2.39. The molecule has 272 valence electrons. The lowest BCUT2D eigenvalue weighted by Crippen LogP contribution is -2.44. The highest BCUT2D eigenvalue weighted by molar-refractivity contribution is 5.47. The zero-order chi connectivity index (χ0) is 36.8. The molecule has 6 nitrogen and oxygen atoms in total. The Morgan fingerprint density at radius 2 is 0.889 bits per heavy atom. The van der Waals surface area contributed by atoms with Gasteiger partial charge in [0.1, 0.15) is 29.7 Å². The van der Waals surface area contributed by atoms with Crippen LogP contribution in [0.3, 0.4) is 0 Å². The smallest absolute Gasteiger partial charge is 0.144 e. The first kappa shape index (κ1) is 36.7. The Morgan fingerprint density at radius 3 is 1.30 bits per heavy atom. The Labute approximate surface area is 318 Å². The minimum atomic E-state index is -0.968. The highest BCUT2D eigenvalue weighted by Gasteiger charge is 2.41. The van der Waals surface area contributed by atoms with E-state index in [-0.39, 0.29) is 6.61 Å². The molecule has 0 fully saturated rings. The molecular weight excluding hydrogens is 669 g/mol. The molecule has 6 heteroatoms. The first-order valence-electron chi connectivity index (χ1n) is 18.5. The summed E-state index contributed by atoms with van der Waals surface area (Å²) in [7, 11) is 0. The molecule has 1 N–H and O–H groups in total. The molecule has 0 radical (unpaired) electrons. The van der Waals surface area contributed by atoms with E-state index < -0.39 is 23.9 Å². The van der Waals surface area contributed by atoms with E-state index in [9.17, 15) is 0 Å². The third-order valence-electron chi connectivity index (χ3n) is 9.53. The van der Waals surface area contributed by atoms with Gasteiger partial charge >= 0.3 is 0 Å². The van der Waals surface area contributed by atoms with Crippen LogP contribution >= 0.6 is 0 Å². The lowest BCUT2D eigenvalue weighted by molar-refractivity contribution is -0.179. The number of aryl methyl sites for hydroxylation is 1. The van der Waals surface area contributed by atoms with Crippen molar-refractivity contribution in [1.29, 1.82) is 0 Å². The van der Waals surface area contributed by atoms with Crippen LogP contribution in [0.15, 0.2) is 188 Å². The molecule has 6 aromatic carbocycles. The second-order valence-electron chi connectivity index (χ2n) is 13.4. The zero-order valence-electron chi connectivity index (χ0n) is 30.5. The molecule has 0 saturated heterocycles. The predicted octanol–water partition coefficient (Wildman–Crippen LogP) is 10.2. The van der Waals surface area contributed by atoms with E-state index in [1.807, 2.05) is 85.9 Å². The summed E-state index contributed by atoms with van der Waals surface area (Å²) in [5.74, 6) is 0.662. The maximum Gasteiger partial charge on any atom is 0.144 e. The number of hydrogen-bond donors (Lipinski definition) is 1. The van der Waals surface area contributed by atoms with Crippen LogP contribution < -0.4 is 0 Å². The summed E-state index contributed by atoms with van der Waals surface area (Å²) in [5.41, 5.74) is 6.09. The number of ether oxygens (including phenoxy) is 4. The molecule has 0 saturated carbocycles. The van der Waals surface area contributed by atoms with Crippen molar-refractivity contribution in [3.05, 3.63) is 233 Å². The molecule has 1 aromatic heterocycles. The third-order valence-corrected chi connectivity index (χ3v) is 9.53. The largest absolute Gasteiger partial charge is 0.368 e. The molecule has 7 rings (SSSR count). The van der Waals surface area contributed by atoms with Crippen LogP contribution in [0.25, 0.3) is 0 Å². The van der Waals surface area contributed by atoms with Crippen molar-refractivity contribution in [3.63, 3.8) is 0 Å². The van der Waals surface area contributed by atoms with E-state index >= 15 is 0 Å². The zero-order valence-corrected chi connectivity index (χ0v) is 30.5. The molecule has 0 spiro atoms. The molecule has 1 heterocycles. The van der Waals surface area contributed by atoms with Crippen LogP contribution in [-0.2, 0) is 44.4 Å². The van der Waals surface area contributed by atoms with Gasteiger partial charge in [-0.1, -0.05) is 182 Å². The van der Waals surface area contributed by atoms with Crippen LogP contribution in [0.1, 0.15) is 51.0 Å². The number of aromatic amines is 1. The summed E-state index contributed by atoms with van der Waals surface area (Å²) in [4.78, 5) is 8.26. The highest BCUT2D eigenvalue weighted by atomic mass is 16.6. The van der Waals surface area contributed by atoms with Gasteiger partial charge in [0.15, 0.2) is 0 Å². The maximum atomic E-state index is 7.43. The van der Waals surface area contributed by atoms with Crippen molar-refractivity contribution in [2.75, 3.05) is 6.61 Å². The van der Waals surface area contributed by atoms with Gasteiger partial charge in [-0.3, -0.25) is 0 Å². The van der Waals surface area contributed by atoms with Gasteiger partial charge < -0.3 is 23.9 Å². The molecule has 0 aliphatic heterocycles. The maximum absolute atomic E-state index is 7.43. The van der Waals surface area contributed by atoms with Crippen molar-refractivity contribution in [1.82, 2.24) is 9.97 Å². The summed E-state index contributed by atoms with van der Waals surface area (Å²) in [5, 5.41) is 0. The number of hydrogen-bond acceptors (Lipinski definition) is 5. The van der Waals surface area contributed by atoms with E-state index in [0.29, 0.717) is 25.6 Å². The number of nitrogens with one attached hydrogen (secondary N) is 1. The Balaban J connectivity index is 1.33. The second kappa shape index (κ2) is 18.4. The van der Waals surface area contributed by atoms with Crippen LogP contribution in [0.2, 0.25) is 0 Å². The average Bonchev–Trinajstić information content (AvgIpc) is 3.68. The van der Waals surface area contributed by atoms with Crippen LogP contribution in [0.4, 0.5) is 0 Å². The van der Waals surface area contributed by atoms with Crippen LogP contribution in [0, 0.1) is 6.92 Å². The third kappa shape index (κ3) is 9.11. The van der Waals surface area contributed by atoms with Gasteiger partial charge in [0.2, 0.25) is 0 Å². The molecule has 54 heavy (non-hydrogen) atoms. The van der Waals surface area contributed by atoms with Crippen molar-refractivity contribution < 1.29 is 18.9 Å². The SMILES string of the molecule is Cc1cnc([C@H](OCc2ccccc2)[C@@H](OCc2ccccc2)[C@H](COC(c2ccccc2)(c2ccccc2)c2ccccc2)OCc2ccccc2)[nH]1. The van der Waals surface area contributed by atoms with E-state index in [1.54, 1.807) is 0 Å². The van der Waals surface area contributed by atoms with E-state index in [2.05, 4.69) is 114 Å². The minimum absolute atomic E-state index is 0.163. The number of nitrogens with zero attached hydrogens (tertiary/aromatic N) is 1. The summed E-state index contributed by atoms with van der Waals surface area (Å²) >= 11 is 0. The second-order valence-corrected chi connectivity index (χ2v) is 13.4. The Bertz CT molecular complexity index is 2000. The van der Waals surface area contributed by atoms with Crippen LogP contribution in [-0.4, -0.2) is 28.8 Å². The molecule has 3 atom stereocenters. The number of aromatic nitrogens is 2. The van der Waals surface area contributed by atoms with Crippen molar-refractivity contribution >= 4 is 0 Å². The highest BCUT2D eigenvalue weighted by Crippen LogP contribution is 2.41. The quantitative estimate of drug-likeness (QED) is 0.0897. The van der Waals surface area contributed by atoms with Crippen LogP contribution in [0.5, 0.6) is 0 Å². The topological polar surface area (TPSA) is 65.6 Å². The van der Waals surface area contributed by atoms with Gasteiger partial charge in [-0.15, -0.1) is 0 Å². The van der Waals surface area contributed by atoms with Crippen molar-refractivity contribution in [2.24, 2.45) is 0 Å². The van der Waals surface area contributed by atoms with Gasteiger partial charge in [-0.05, 0) is 40.3 Å². The standard InChI is InChI=1S/C48H46N2O4/c1-37-32-49-47(50-37)46(53-35-40-24-12-4-13-25-40)45(52-34-39-22-10-3-11-23-39)44(51-33-38-20-8-2-9-21-38)36-54-48(41-26-14-5-15-27-41,42-28-16-6-17-29-42)43-30-18-7-19-31-43/h2-32,44-46H,33-36H2,1H3,(H,49,50)/t44-,45-,46+/m0/s1. The normalized spacial score (nSPS) is 13.3. The molecule has 0 amide bonds. The molecule has 0 bridgehead atoms. The summed E-state index contributed by atoms with van der Waals surface area (Å²) < 4.78 is 28.2. The fourth-order valence-electron chi connectivity index (χ4n) is 6.81. The van der Waals surface area contributed by atoms with Gasteiger partial charge in [-0.25, -0.2) is 4.98 Å². The van der Waals surface area contributed by atoms with Gasteiger partial charge in [0, 0.05) is 11.9 Å². The number of benzene rings is 6. The van der Waals surface area contributed by atoms with Gasteiger partial charge in [0.25, 0.3) is 0 Å². The summed E-state index contributed by atoms with van der Waals surface area (Å²) in [6.45, 7) is 3.19. The molecule has 0 aliphatic rings. The number of rotatable bonds is 18. The van der Waals surface area contributed by atoms with Crippen molar-refractivity contribution in [2.45, 2.75) is 50.7 Å². The first-order chi connectivity index (χ1) is 26.7. The van der Waals surface area contributed by atoms with Gasteiger partial charge in [0.05, 0.1) is 26.4 Å². The Hall–Kier alpha value is -5.63. The fraction of sp³-hybridized carbons (Fsp3) is 0.188. The monoisotopic (exact) mass is 714 g/mol. The minimum Gasteiger partial charge on any atom is -0.368 e. The molecule has 0 aliphatic carbocycles. The number of imidazole rings is 1. The summed E-state index contributed by atoms with van der Waals surface area (Å²) in [6, 6.07) is 61.7.